The van der Waals surface area contributed by atoms with Gasteiger partial charge in [0.15, 0.2) is 6.10 Å². The van der Waals surface area contributed by atoms with Crippen molar-refractivity contribution in [1.29, 1.82) is 0 Å². The van der Waals surface area contributed by atoms with E-state index < -0.39 is 5.95 Å². The maximum atomic E-state index is 13.4. The Morgan fingerprint density at radius 2 is 2.03 bits per heavy atom. The summed E-state index contributed by atoms with van der Waals surface area (Å²) in [6.07, 6.45) is 2.43. The molecule has 5 rings (SSSR count). The van der Waals surface area contributed by atoms with Gasteiger partial charge in [-0.1, -0.05) is 26.0 Å². The summed E-state index contributed by atoms with van der Waals surface area (Å²) in [5.74, 6) is 0.788. The molecule has 3 heterocycles. The highest BCUT2D eigenvalue weighted by atomic mass is 19.1. The minimum absolute atomic E-state index is 0.0482. The van der Waals surface area contributed by atoms with Gasteiger partial charge in [-0.25, -0.2) is 4.98 Å². The van der Waals surface area contributed by atoms with E-state index in [1.165, 1.54) is 6.07 Å². The molecule has 0 amide bonds. The van der Waals surface area contributed by atoms with Crippen molar-refractivity contribution in [2.24, 2.45) is 0 Å². The number of nitrogens with one attached hydrogen (secondary N) is 1. The predicted octanol–water partition coefficient (Wildman–Crippen LogP) is 5.70. The first-order chi connectivity index (χ1) is 17.1. The van der Waals surface area contributed by atoms with Crippen molar-refractivity contribution in [3.05, 3.63) is 71.8 Å². The number of nitrogens with zero attached hydrogens (tertiary/aromatic N) is 2. The zero-order valence-electron chi connectivity index (χ0n) is 19.8. The third-order valence-corrected chi connectivity index (χ3v) is 6.21. The molecule has 7 nitrogen and oxygen atoms in total. The average molecular weight is 478 g/mol. The summed E-state index contributed by atoms with van der Waals surface area (Å²) < 4.78 is 30.8. The average Bonchev–Trinajstić information content (AvgIpc) is 3.47. The number of aromatic nitrogens is 1. The smallest absolute Gasteiger partial charge is 0.306 e. The Balaban J connectivity index is 1.37. The summed E-state index contributed by atoms with van der Waals surface area (Å²) in [5.41, 5.74) is 4.57. The van der Waals surface area contributed by atoms with Gasteiger partial charge in [0, 0.05) is 35.8 Å². The third kappa shape index (κ3) is 4.60. The second kappa shape index (κ2) is 9.82. The predicted molar refractivity (Wildman–Crippen MR) is 131 cm³/mol. The summed E-state index contributed by atoms with van der Waals surface area (Å²) in [5, 5.41) is 3.55. The molecule has 0 aliphatic carbocycles. The van der Waals surface area contributed by atoms with Crippen LogP contribution in [0.25, 0.3) is 0 Å². The fourth-order valence-corrected chi connectivity index (χ4v) is 4.51. The van der Waals surface area contributed by atoms with Gasteiger partial charge in [-0.2, -0.15) is 4.39 Å². The van der Waals surface area contributed by atoms with Gasteiger partial charge in [0.1, 0.15) is 24.7 Å². The molecule has 0 spiro atoms. The number of halogens is 1. The number of rotatable bonds is 8. The Kier molecular flexibility index (Phi) is 6.44. The zero-order valence-corrected chi connectivity index (χ0v) is 19.8. The molecule has 3 aromatic rings. The number of hydrogen-bond acceptors (Lipinski definition) is 7. The van der Waals surface area contributed by atoms with Crippen molar-refractivity contribution in [3.8, 4) is 11.5 Å². The molecule has 0 saturated carbocycles. The monoisotopic (exact) mass is 477 g/mol. The largest absolute Gasteiger partial charge is 0.489 e. The third-order valence-electron chi connectivity index (χ3n) is 6.21. The fourth-order valence-electron chi connectivity index (χ4n) is 4.51. The van der Waals surface area contributed by atoms with Crippen LogP contribution in [0.4, 0.5) is 21.5 Å². The molecule has 35 heavy (non-hydrogen) atoms. The number of esters is 1. The van der Waals surface area contributed by atoms with E-state index >= 15 is 0 Å². The van der Waals surface area contributed by atoms with Crippen LogP contribution < -0.4 is 19.7 Å². The molecule has 182 valence electrons. The Hall–Kier alpha value is -3.81. The van der Waals surface area contributed by atoms with Crippen molar-refractivity contribution >= 4 is 23.0 Å². The number of fused-ring (bicyclic) bond motifs is 2. The van der Waals surface area contributed by atoms with Crippen LogP contribution in [0.1, 0.15) is 50.0 Å². The zero-order chi connectivity index (χ0) is 24.4. The SMILES string of the molecule is CCCN(c1ccc(F)nc1)c1cccc2c1OC[C@H]2Nc1ccc2c(c1)OC[C@H]2OC(=O)CC. The lowest BCUT2D eigenvalue weighted by Crippen LogP contribution is -2.18. The summed E-state index contributed by atoms with van der Waals surface area (Å²) in [6, 6.07) is 15.0. The standard InChI is InChI=1S/C27H28FN3O4/c1-3-12-31(18-9-11-25(28)29-14-18)22-7-5-6-19-21(15-34-27(19)22)30-17-8-10-20-23(13-17)33-16-24(20)35-26(32)4-2/h5-11,13-14,21,24,30H,3-4,12,15-16H2,1-2H3/t21-,24-/m1/s1. The Labute approximate surface area is 203 Å². The lowest BCUT2D eigenvalue weighted by molar-refractivity contribution is -0.149. The summed E-state index contributed by atoms with van der Waals surface area (Å²) in [4.78, 5) is 17.6. The van der Waals surface area contributed by atoms with E-state index in [4.69, 9.17) is 14.2 Å². The number of ether oxygens (including phenoxy) is 3. The minimum atomic E-state index is -0.503. The molecule has 1 aromatic heterocycles. The second-order valence-electron chi connectivity index (χ2n) is 8.59. The topological polar surface area (TPSA) is 72.9 Å². The first kappa shape index (κ1) is 23.0. The highest BCUT2D eigenvalue weighted by Crippen LogP contribution is 2.44. The Morgan fingerprint density at radius 3 is 2.80 bits per heavy atom. The van der Waals surface area contributed by atoms with Crippen LogP contribution in [0.5, 0.6) is 11.5 Å². The molecule has 0 unspecified atom stereocenters. The molecule has 0 radical (unpaired) electrons. The molecule has 2 aromatic carbocycles. The van der Waals surface area contributed by atoms with Gasteiger partial charge in [0.2, 0.25) is 5.95 Å². The van der Waals surface area contributed by atoms with Crippen LogP contribution in [0.3, 0.4) is 0 Å². The van der Waals surface area contributed by atoms with Gasteiger partial charge in [-0.3, -0.25) is 4.79 Å². The van der Waals surface area contributed by atoms with E-state index in [1.807, 2.05) is 30.3 Å². The molecular formula is C27H28FN3O4. The first-order valence-electron chi connectivity index (χ1n) is 11.9. The molecule has 8 heteroatoms. The van der Waals surface area contributed by atoms with E-state index in [0.29, 0.717) is 19.6 Å². The Morgan fingerprint density at radius 1 is 1.14 bits per heavy atom. The quantitative estimate of drug-likeness (QED) is 0.329. The van der Waals surface area contributed by atoms with Crippen LogP contribution in [-0.2, 0) is 9.53 Å². The van der Waals surface area contributed by atoms with Crippen molar-refractivity contribution in [1.82, 2.24) is 4.98 Å². The van der Waals surface area contributed by atoms with Gasteiger partial charge in [-0.15, -0.1) is 0 Å². The first-order valence-corrected chi connectivity index (χ1v) is 11.9. The van der Waals surface area contributed by atoms with Gasteiger partial charge in [0.25, 0.3) is 0 Å². The van der Waals surface area contributed by atoms with Crippen LogP contribution >= 0.6 is 0 Å². The molecule has 2 aliphatic heterocycles. The highest BCUT2D eigenvalue weighted by Gasteiger charge is 2.30. The lowest BCUT2D eigenvalue weighted by Gasteiger charge is -2.26. The number of hydrogen-bond donors (Lipinski definition) is 1. The van der Waals surface area contributed by atoms with E-state index in [2.05, 4.69) is 28.2 Å². The molecule has 2 atom stereocenters. The number of carbonyl (C=O) groups excluding carboxylic acids is 1. The number of carbonyl (C=O) groups is 1. The van der Waals surface area contributed by atoms with Gasteiger partial charge in [-0.05, 0) is 36.8 Å². The normalized spacial score (nSPS) is 17.7. The number of anilines is 3. The molecule has 0 saturated heterocycles. The fraction of sp³-hybridized carbons (Fsp3) is 0.333. The van der Waals surface area contributed by atoms with E-state index in [-0.39, 0.29) is 18.1 Å². The van der Waals surface area contributed by atoms with Gasteiger partial charge >= 0.3 is 5.97 Å². The minimum Gasteiger partial charge on any atom is -0.489 e. The molecule has 0 bridgehead atoms. The summed E-state index contributed by atoms with van der Waals surface area (Å²) in [7, 11) is 0. The summed E-state index contributed by atoms with van der Waals surface area (Å²) >= 11 is 0. The second-order valence-corrected chi connectivity index (χ2v) is 8.59. The van der Waals surface area contributed by atoms with E-state index in [1.54, 1.807) is 19.2 Å². The molecule has 2 aliphatic rings. The Bertz CT molecular complexity index is 1220. The summed E-state index contributed by atoms with van der Waals surface area (Å²) in [6.45, 7) is 5.42. The van der Waals surface area contributed by atoms with E-state index in [9.17, 15) is 9.18 Å². The number of benzene rings is 2. The van der Waals surface area contributed by atoms with Gasteiger partial charge in [0.05, 0.1) is 23.6 Å². The van der Waals surface area contributed by atoms with E-state index in [0.717, 1.165) is 52.7 Å². The van der Waals surface area contributed by atoms with Crippen molar-refractivity contribution in [2.75, 3.05) is 30.0 Å². The number of pyridine rings is 1. The van der Waals surface area contributed by atoms with Crippen LogP contribution in [0, 0.1) is 5.95 Å². The maximum absolute atomic E-state index is 13.4. The van der Waals surface area contributed by atoms with Crippen molar-refractivity contribution in [3.63, 3.8) is 0 Å². The molecule has 0 fully saturated rings. The van der Waals surface area contributed by atoms with Gasteiger partial charge < -0.3 is 24.4 Å². The van der Waals surface area contributed by atoms with Crippen LogP contribution in [0.15, 0.2) is 54.7 Å². The highest BCUT2D eigenvalue weighted by molar-refractivity contribution is 5.73. The molecular weight excluding hydrogens is 449 g/mol. The van der Waals surface area contributed by atoms with Crippen LogP contribution in [0.2, 0.25) is 0 Å². The van der Waals surface area contributed by atoms with Crippen molar-refractivity contribution < 1.29 is 23.4 Å². The van der Waals surface area contributed by atoms with Crippen LogP contribution in [-0.4, -0.2) is 30.7 Å². The maximum Gasteiger partial charge on any atom is 0.306 e. The van der Waals surface area contributed by atoms with Crippen molar-refractivity contribution in [2.45, 2.75) is 38.8 Å². The molecule has 1 N–H and O–H groups in total. The lowest BCUT2D eigenvalue weighted by atomic mass is 10.1. The number of para-hydroxylation sites is 1.